The maximum absolute atomic E-state index is 12.6. The number of amides is 1. The number of nitrogens with zero attached hydrogens (tertiary/aromatic N) is 1. The third-order valence-corrected chi connectivity index (χ3v) is 4.59. The van der Waals surface area contributed by atoms with Crippen LogP contribution in [0, 0.1) is 0 Å². The lowest BCUT2D eigenvalue weighted by Crippen LogP contribution is -2.03. The van der Waals surface area contributed by atoms with Gasteiger partial charge in [-0.05, 0) is 36.4 Å². The highest BCUT2D eigenvalue weighted by atomic mass is 16.5. The molecule has 4 aromatic rings. The lowest BCUT2D eigenvalue weighted by molar-refractivity contribution is -0.110. The van der Waals surface area contributed by atoms with E-state index in [1.54, 1.807) is 19.4 Å². The van der Waals surface area contributed by atoms with E-state index in [9.17, 15) is 4.79 Å². The van der Waals surface area contributed by atoms with Gasteiger partial charge in [-0.1, -0.05) is 18.2 Å². The number of rotatable bonds is 3. The molecule has 5 rings (SSSR count). The van der Waals surface area contributed by atoms with Gasteiger partial charge in [-0.15, -0.1) is 0 Å². The molecule has 0 atom stereocenters. The number of carbonyl (C=O) groups excluding carboxylic acids is 1. The van der Waals surface area contributed by atoms with E-state index in [-0.39, 0.29) is 5.91 Å². The Kier molecular flexibility index (Phi) is 3.36. The molecule has 0 unspecified atom stereocenters. The van der Waals surface area contributed by atoms with Crippen molar-refractivity contribution < 1.29 is 13.9 Å². The quantitative estimate of drug-likeness (QED) is 0.535. The number of aromatic amines is 1. The molecule has 27 heavy (non-hydrogen) atoms. The van der Waals surface area contributed by atoms with Crippen LogP contribution < -0.4 is 10.1 Å². The Morgan fingerprint density at radius 1 is 1.11 bits per heavy atom. The first-order valence-corrected chi connectivity index (χ1v) is 8.48. The van der Waals surface area contributed by atoms with Crippen LogP contribution in [0.25, 0.3) is 34.2 Å². The van der Waals surface area contributed by atoms with Gasteiger partial charge in [-0.2, -0.15) is 0 Å². The summed E-state index contributed by atoms with van der Waals surface area (Å²) in [6.45, 7) is 0. The van der Waals surface area contributed by atoms with Gasteiger partial charge >= 0.3 is 0 Å². The number of H-pyrrole nitrogens is 1. The zero-order valence-electron chi connectivity index (χ0n) is 14.4. The summed E-state index contributed by atoms with van der Waals surface area (Å²) in [5.41, 5.74) is 4.87. The highest BCUT2D eigenvalue weighted by Gasteiger charge is 2.29. The average Bonchev–Trinajstić information content (AvgIpc) is 3.39. The number of aromatic nitrogens is 2. The molecule has 132 valence electrons. The van der Waals surface area contributed by atoms with Gasteiger partial charge in [0.2, 0.25) is 5.89 Å². The Bertz CT molecular complexity index is 1200. The van der Waals surface area contributed by atoms with Gasteiger partial charge in [0.05, 0.1) is 24.1 Å². The number of oxazole rings is 1. The smallest absolute Gasteiger partial charge is 0.256 e. The minimum atomic E-state index is -0.182. The van der Waals surface area contributed by atoms with Crippen LogP contribution in [-0.2, 0) is 4.79 Å². The van der Waals surface area contributed by atoms with E-state index in [0.717, 1.165) is 22.5 Å². The first-order valence-electron chi connectivity index (χ1n) is 8.48. The van der Waals surface area contributed by atoms with Crippen molar-refractivity contribution in [3.05, 3.63) is 66.0 Å². The lowest BCUT2D eigenvalue weighted by Gasteiger charge is -2.00. The third-order valence-electron chi connectivity index (χ3n) is 4.59. The minimum Gasteiger partial charge on any atom is -0.495 e. The summed E-state index contributed by atoms with van der Waals surface area (Å²) in [6, 6.07) is 15.2. The van der Waals surface area contributed by atoms with E-state index in [4.69, 9.17) is 9.15 Å². The number of benzene rings is 2. The predicted molar refractivity (Wildman–Crippen MR) is 103 cm³/mol. The third kappa shape index (κ3) is 2.42. The van der Waals surface area contributed by atoms with Gasteiger partial charge in [0.15, 0.2) is 5.58 Å². The fourth-order valence-corrected chi connectivity index (χ4v) is 3.32. The molecule has 0 fully saturated rings. The van der Waals surface area contributed by atoms with Crippen molar-refractivity contribution in [3.8, 4) is 17.2 Å². The molecule has 1 aliphatic heterocycles. The van der Waals surface area contributed by atoms with Crippen LogP contribution in [0.3, 0.4) is 0 Å². The molecule has 0 bridgehead atoms. The monoisotopic (exact) mass is 357 g/mol. The summed E-state index contributed by atoms with van der Waals surface area (Å²) in [5.74, 6) is 1.01. The maximum Gasteiger partial charge on any atom is 0.256 e. The number of anilines is 1. The molecule has 6 nitrogen and oxygen atoms in total. The molecule has 0 spiro atoms. The normalized spacial score (nSPS) is 14.6. The summed E-state index contributed by atoms with van der Waals surface area (Å²) in [5, 5.41) is 2.89. The SMILES string of the molecule is COc1cc[nH]c1/C=C1\C(=O)Nc2ccc3oc(-c4ccccc4)nc3c21. The van der Waals surface area contributed by atoms with Crippen LogP contribution in [0.1, 0.15) is 11.3 Å². The summed E-state index contributed by atoms with van der Waals surface area (Å²) < 4.78 is 11.3. The van der Waals surface area contributed by atoms with Crippen molar-refractivity contribution in [3.63, 3.8) is 0 Å². The van der Waals surface area contributed by atoms with E-state index in [2.05, 4.69) is 15.3 Å². The van der Waals surface area contributed by atoms with Gasteiger partial charge in [0.25, 0.3) is 5.91 Å². The topological polar surface area (TPSA) is 80.2 Å². The van der Waals surface area contributed by atoms with Gasteiger partial charge < -0.3 is 19.5 Å². The average molecular weight is 357 g/mol. The molecule has 0 radical (unpaired) electrons. The summed E-state index contributed by atoms with van der Waals surface area (Å²) in [7, 11) is 1.59. The highest BCUT2D eigenvalue weighted by molar-refractivity contribution is 6.37. The molecule has 2 aromatic carbocycles. The molecule has 6 heteroatoms. The Labute approximate surface area is 154 Å². The van der Waals surface area contributed by atoms with Crippen LogP contribution in [0.2, 0.25) is 0 Å². The highest BCUT2D eigenvalue weighted by Crippen LogP contribution is 2.40. The fraction of sp³-hybridized carbons (Fsp3) is 0.0476. The molecule has 3 heterocycles. The van der Waals surface area contributed by atoms with Crippen molar-refractivity contribution in [2.45, 2.75) is 0 Å². The zero-order valence-corrected chi connectivity index (χ0v) is 14.4. The number of hydrogen-bond acceptors (Lipinski definition) is 4. The number of carbonyl (C=O) groups is 1. The van der Waals surface area contributed by atoms with Gasteiger partial charge in [-0.3, -0.25) is 4.79 Å². The van der Waals surface area contributed by atoms with Crippen molar-refractivity contribution in [2.75, 3.05) is 12.4 Å². The molecule has 2 N–H and O–H groups in total. The van der Waals surface area contributed by atoms with Crippen LogP contribution in [0.5, 0.6) is 5.75 Å². The number of methoxy groups -OCH3 is 1. The molecule has 2 aromatic heterocycles. The number of nitrogens with one attached hydrogen (secondary N) is 2. The standard InChI is InChI=1S/C21H15N3O3/c1-26-16-9-10-22-15(16)11-13-18-14(23-20(13)25)7-8-17-19(18)24-21(27-17)12-5-3-2-4-6-12/h2-11,22H,1H3,(H,23,25)/b13-11-. The zero-order chi connectivity index (χ0) is 18.4. The largest absolute Gasteiger partial charge is 0.495 e. The molecule has 0 saturated carbocycles. The second kappa shape index (κ2) is 5.88. The number of ether oxygens (including phenoxy) is 1. The number of fused-ring (bicyclic) bond motifs is 3. The van der Waals surface area contributed by atoms with Crippen molar-refractivity contribution >= 4 is 34.3 Å². The van der Waals surface area contributed by atoms with Crippen molar-refractivity contribution in [1.29, 1.82) is 0 Å². The minimum absolute atomic E-state index is 0.182. The van der Waals surface area contributed by atoms with E-state index in [1.165, 1.54) is 0 Å². The van der Waals surface area contributed by atoms with Crippen LogP contribution in [0.4, 0.5) is 5.69 Å². The van der Waals surface area contributed by atoms with Crippen molar-refractivity contribution in [1.82, 2.24) is 9.97 Å². The van der Waals surface area contributed by atoms with Gasteiger partial charge in [0.1, 0.15) is 11.3 Å². The molecule has 0 aliphatic carbocycles. The number of hydrogen-bond donors (Lipinski definition) is 2. The first kappa shape index (κ1) is 15.5. The second-order valence-corrected chi connectivity index (χ2v) is 6.19. The Hall–Kier alpha value is -3.80. The van der Waals surface area contributed by atoms with Crippen molar-refractivity contribution in [2.24, 2.45) is 0 Å². The van der Waals surface area contributed by atoms with E-state index in [0.29, 0.717) is 28.3 Å². The van der Waals surface area contributed by atoms with Crippen LogP contribution in [-0.4, -0.2) is 23.0 Å². The Morgan fingerprint density at radius 2 is 1.96 bits per heavy atom. The van der Waals surface area contributed by atoms with E-state index >= 15 is 0 Å². The Morgan fingerprint density at radius 3 is 2.78 bits per heavy atom. The fourth-order valence-electron chi connectivity index (χ4n) is 3.32. The van der Waals surface area contributed by atoms with Gasteiger partial charge in [-0.25, -0.2) is 4.98 Å². The summed E-state index contributed by atoms with van der Waals surface area (Å²) >= 11 is 0. The van der Waals surface area contributed by atoms with Crippen LogP contribution in [0.15, 0.2) is 59.1 Å². The maximum atomic E-state index is 12.6. The first-order chi connectivity index (χ1) is 13.2. The summed E-state index contributed by atoms with van der Waals surface area (Å²) in [6.07, 6.45) is 3.54. The Balaban J connectivity index is 1.71. The molecule has 0 saturated heterocycles. The molecular formula is C21H15N3O3. The lowest BCUT2D eigenvalue weighted by atomic mass is 10.0. The van der Waals surface area contributed by atoms with E-state index in [1.807, 2.05) is 48.5 Å². The van der Waals surface area contributed by atoms with E-state index < -0.39 is 0 Å². The second-order valence-electron chi connectivity index (χ2n) is 6.19. The molecular weight excluding hydrogens is 342 g/mol. The summed E-state index contributed by atoms with van der Waals surface area (Å²) in [4.78, 5) is 20.3. The van der Waals surface area contributed by atoms with Gasteiger partial charge in [0, 0.05) is 17.3 Å². The molecule has 1 amide bonds. The van der Waals surface area contributed by atoms with Crippen LogP contribution >= 0.6 is 0 Å². The predicted octanol–water partition coefficient (Wildman–Crippen LogP) is 4.32. The molecule has 1 aliphatic rings.